The van der Waals surface area contributed by atoms with Crippen molar-refractivity contribution in [3.8, 4) is 11.5 Å². The number of hydrogen-bond donors (Lipinski definition) is 1. The molecule has 0 amide bonds. The number of esters is 1. The maximum absolute atomic E-state index is 12.4. The molecule has 2 rings (SSSR count). The Hall–Kier alpha value is -2.64. The Labute approximate surface area is 152 Å². The zero-order valence-corrected chi connectivity index (χ0v) is 15.0. The monoisotopic (exact) mass is 366 g/mol. The fourth-order valence-corrected chi connectivity index (χ4v) is 2.39. The highest BCUT2D eigenvalue weighted by Gasteiger charge is 2.19. The van der Waals surface area contributed by atoms with Crippen LogP contribution < -0.4 is 4.74 Å². The van der Waals surface area contributed by atoms with Crippen molar-refractivity contribution in [1.29, 1.82) is 0 Å². The summed E-state index contributed by atoms with van der Waals surface area (Å²) < 4.78 is 10.4. The predicted octanol–water partition coefficient (Wildman–Crippen LogP) is 1.87. The molecular weight excluding hydrogens is 340 g/mol. The number of ether oxygens (including phenoxy) is 2. The number of phenols is 1. The Morgan fingerprint density at radius 2 is 1.92 bits per heavy atom. The van der Waals surface area contributed by atoms with Crippen LogP contribution >= 0.6 is 0 Å². The SMILES string of the molecule is COc1cc(O)c2c(c1)/C=C/CCCC(=O)/C=C\[C@@H](C)COC2=O.O.O. The number of cyclic esters (lactones) is 1. The molecule has 0 saturated carbocycles. The van der Waals surface area contributed by atoms with Crippen LogP contribution in [0.5, 0.6) is 11.5 Å². The summed E-state index contributed by atoms with van der Waals surface area (Å²) in [6, 6.07) is 3.06. The normalized spacial score (nSPS) is 20.3. The molecule has 0 fully saturated rings. The number of carbonyl (C=O) groups excluding carboxylic acids is 2. The minimum atomic E-state index is -0.599. The highest BCUT2D eigenvalue weighted by Crippen LogP contribution is 2.30. The summed E-state index contributed by atoms with van der Waals surface area (Å²) in [6.07, 6.45) is 8.80. The number of carbonyl (C=O) groups is 2. The van der Waals surface area contributed by atoms with Gasteiger partial charge in [0.2, 0.25) is 0 Å². The van der Waals surface area contributed by atoms with E-state index in [1.54, 1.807) is 24.3 Å². The molecule has 5 N–H and O–H groups in total. The number of rotatable bonds is 1. The number of fused-ring (bicyclic) bond motifs is 1. The van der Waals surface area contributed by atoms with E-state index in [2.05, 4.69) is 0 Å². The molecule has 0 saturated heterocycles. The second-order valence-electron chi connectivity index (χ2n) is 5.81. The largest absolute Gasteiger partial charge is 0.507 e. The van der Waals surface area contributed by atoms with Crippen LogP contribution in [0.25, 0.3) is 6.08 Å². The van der Waals surface area contributed by atoms with Crippen molar-refractivity contribution in [3.63, 3.8) is 0 Å². The first kappa shape index (κ1) is 23.4. The fraction of sp³-hybridized carbons (Fsp3) is 0.368. The van der Waals surface area contributed by atoms with Crippen LogP contribution in [-0.4, -0.2) is 41.5 Å². The van der Waals surface area contributed by atoms with Gasteiger partial charge in [0.1, 0.15) is 17.1 Å². The lowest BCUT2D eigenvalue weighted by Gasteiger charge is -2.13. The van der Waals surface area contributed by atoms with Gasteiger partial charge in [-0.3, -0.25) is 4.79 Å². The second kappa shape index (κ2) is 11.1. The van der Waals surface area contributed by atoms with E-state index in [-0.39, 0.29) is 40.6 Å². The van der Waals surface area contributed by atoms with Crippen molar-refractivity contribution < 1.29 is 35.1 Å². The molecule has 0 spiro atoms. The lowest BCUT2D eigenvalue weighted by Crippen LogP contribution is -2.13. The summed E-state index contributed by atoms with van der Waals surface area (Å²) in [7, 11) is 1.49. The maximum Gasteiger partial charge on any atom is 0.342 e. The molecule has 7 nitrogen and oxygen atoms in total. The summed E-state index contributed by atoms with van der Waals surface area (Å²) in [5, 5.41) is 10.2. The highest BCUT2D eigenvalue weighted by atomic mass is 16.5. The number of phenolic OH excluding ortho intramolecular Hbond substituents is 1. The molecule has 1 heterocycles. The van der Waals surface area contributed by atoms with Gasteiger partial charge in [0.05, 0.1) is 13.7 Å². The van der Waals surface area contributed by atoms with Crippen molar-refractivity contribution in [3.05, 3.63) is 41.5 Å². The van der Waals surface area contributed by atoms with Gasteiger partial charge >= 0.3 is 5.97 Å². The average Bonchev–Trinajstić information content (AvgIpc) is 2.56. The molecule has 0 aliphatic carbocycles. The number of methoxy groups -OCH3 is 1. The smallest absolute Gasteiger partial charge is 0.342 e. The van der Waals surface area contributed by atoms with Crippen molar-refractivity contribution in [2.45, 2.75) is 26.2 Å². The molecule has 0 bridgehead atoms. The van der Waals surface area contributed by atoms with Crippen molar-refractivity contribution in [1.82, 2.24) is 0 Å². The van der Waals surface area contributed by atoms with Gasteiger partial charge < -0.3 is 25.5 Å². The standard InChI is InChI=1S/C19H22O5.2H2O/c1-13-8-9-15(20)7-5-3-4-6-14-10-16(23-2)11-17(21)18(14)19(22)24-12-13;;/h4,6,8-11,13,21H,3,5,7,12H2,1-2H3;2*1H2/b6-4+,9-8-;;/t13-;;/m1../s1. The first-order chi connectivity index (χ1) is 11.5. The minimum Gasteiger partial charge on any atom is -0.507 e. The molecule has 1 aromatic carbocycles. The molecule has 0 unspecified atom stereocenters. The number of aromatic hydroxyl groups is 1. The predicted molar refractivity (Wildman–Crippen MR) is 98.4 cm³/mol. The Morgan fingerprint density at radius 3 is 2.62 bits per heavy atom. The van der Waals surface area contributed by atoms with Crippen LogP contribution in [0.15, 0.2) is 30.4 Å². The lowest BCUT2D eigenvalue weighted by atomic mass is 10.0. The summed E-state index contributed by atoms with van der Waals surface area (Å²) >= 11 is 0. The van der Waals surface area contributed by atoms with Crippen molar-refractivity contribution >= 4 is 17.8 Å². The Morgan fingerprint density at radius 1 is 1.19 bits per heavy atom. The van der Waals surface area contributed by atoms with Crippen LogP contribution in [0.1, 0.15) is 42.1 Å². The van der Waals surface area contributed by atoms with Crippen LogP contribution in [0.2, 0.25) is 0 Å². The molecule has 0 radical (unpaired) electrons. The lowest BCUT2D eigenvalue weighted by molar-refractivity contribution is -0.114. The topological polar surface area (TPSA) is 136 Å². The number of allylic oxidation sites excluding steroid dienone is 2. The summed E-state index contributed by atoms with van der Waals surface area (Å²) in [4.78, 5) is 24.1. The zero-order valence-electron chi connectivity index (χ0n) is 15.0. The Bertz CT molecular complexity index is 677. The van der Waals surface area contributed by atoms with Gasteiger partial charge in [0.25, 0.3) is 0 Å². The van der Waals surface area contributed by atoms with Crippen LogP contribution in [0.4, 0.5) is 0 Å². The van der Waals surface area contributed by atoms with Crippen LogP contribution in [0, 0.1) is 5.92 Å². The molecule has 1 aliphatic rings. The molecule has 1 aliphatic heterocycles. The molecule has 1 aromatic rings. The van der Waals surface area contributed by atoms with Gasteiger partial charge in [-0.2, -0.15) is 0 Å². The van der Waals surface area contributed by atoms with Gasteiger partial charge in [-0.25, -0.2) is 4.79 Å². The van der Waals surface area contributed by atoms with Crippen LogP contribution in [0.3, 0.4) is 0 Å². The summed E-state index contributed by atoms with van der Waals surface area (Å²) in [5.41, 5.74) is 0.653. The third-order valence-electron chi connectivity index (χ3n) is 3.74. The van der Waals surface area contributed by atoms with E-state index in [4.69, 9.17) is 9.47 Å². The van der Waals surface area contributed by atoms with Gasteiger partial charge in [0, 0.05) is 18.4 Å². The first-order valence-corrected chi connectivity index (χ1v) is 7.97. The zero-order chi connectivity index (χ0) is 17.5. The Balaban J connectivity index is 0.00000312. The van der Waals surface area contributed by atoms with E-state index in [9.17, 15) is 14.7 Å². The van der Waals surface area contributed by atoms with E-state index < -0.39 is 5.97 Å². The van der Waals surface area contributed by atoms with E-state index in [0.717, 1.165) is 6.42 Å². The van der Waals surface area contributed by atoms with Crippen molar-refractivity contribution in [2.75, 3.05) is 13.7 Å². The summed E-state index contributed by atoms with van der Waals surface area (Å²) in [6.45, 7) is 1.99. The van der Waals surface area contributed by atoms with E-state index in [0.29, 0.717) is 24.2 Å². The summed E-state index contributed by atoms with van der Waals surface area (Å²) in [5.74, 6) is -0.335. The van der Waals surface area contributed by atoms with E-state index in [1.807, 2.05) is 13.0 Å². The number of ketones is 1. The van der Waals surface area contributed by atoms with Gasteiger partial charge in [0.15, 0.2) is 5.78 Å². The van der Waals surface area contributed by atoms with Crippen LogP contribution in [-0.2, 0) is 9.53 Å². The minimum absolute atomic E-state index is 0. The van der Waals surface area contributed by atoms with Crippen molar-refractivity contribution in [2.24, 2.45) is 5.92 Å². The first-order valence-electron chi connectivity index (χ1n) is 7.97. The average molecular weight is 366 g/mol. The quantitative estimate of drug-likeness (QED) is 0.757. The fourth-order valence-electron chi connectivity index (χ4n) is 2.39. The molecule has 0 aromatic heterocycles. The number of benzene rings is 1. The highest BCUT2D eigenvalue weighted by molar-refractivity contribution is 5.97. The molecule has 1 atom stereocenters. The molecule has 26 heavy (non-hydrogen) atoms. The maximum atomic E-state index is 12.4. The van der Waals surface area contributed by atoms with Gasteiger partial charge in [-0.05, 0) is 30.5 Å². The second-order valence-corrected chi connectivity index (χ2v) is 5.81. The third-order valence-corrected chi connectivity index (χ3v) is 3.74. The molecule has 144 valence electrons. The van der Waals surface area contributed by atoms with Gasteiger partial charge in [-0.15, -0.1) is 0 Å². The van der Waals surface area contributed by atoms with E-state index in [1.165, 1.54) is 13.2 Å². The molecule has 7 heteroatoms. The molecular formula is C19H26O7. The number of hydrogen-bond acceptors (Lipinski definition) is 5. The van der Waals surface area contributed by atoms with Gasteiger partial charge in [-0.1, -0.05) is 25.2 Å². The third kappa shape index (κ3) is 6.34. The Kier molecular flexibility index (Phi) is 9.94. The van der Waals surface area contributed by atoms with E-state index >= 15 is 0 Å².